The number of carbonyl (C=O) groups is 2. The van der Waals surface area contributed by atoms with Gasteiger partial charge in [-0.3, -0.25) is 9.59 Å². The standard InChI is InChI=1S/C13H17N3O4/c1-7-9(8(2)16-12(20)15-7)5-10(17)14-6-13(3-4-13)11(18)19/h3-6H2,1-2H3,(H,14,17)(H,18,19)(H,15,16,20). The quantitative estimate of drug-likeness (QED) is 0.697. The van der Waals surface area contributed by atoms with Gasteiger partial charge in [0.05, 0.1) is 11.8 Å². The van der Waals surface area contributed by atoms with Crippen molar-refractivity contribution < 1.29 is 14.7 Å². The molecule has 1 fully saturated rings. The molecule has 7 nitrogen and oxygen atoms in total. The van der Waals surface area contributed by atoms with Gasteiger partial charge in [-0.15, -0.1) is 0 Å². The molecule has 1 aliphatic carbocycles. The van der Waals surface area contributed by atoms with Crippen LogP contribution < -0.4 is 11.0 Å². The maximum Gasteiger partial charge on any atom is 0.345 e. The first kappa shape index (κ1) is 14.2. The number of nitrogens with one attached hydrogen (secondary N) is 2. The van der Waals surface area contributed by atoms with E-state index in [9.17, 15) is 14.4 Å². The van der Waals surface area contributed by atoms with Crippen LogP contribution in [0.15, 0.2) is 4.79 Å². The van der Waals surface area contributed by atoms with Crippen molar-refractivity contribution in [2.45, 2.75) is 33.1 Å². The molecule has 0 atom stereocenters. The molecular formula is C13H17N3O4. The normalized spacial score (nSPS) is 15.7. The van der Waals surface area contributed by atoms with Crippen LogP contribution >= 0.6 is 0 Å². The number of aromatic amines is 1. The molecule has 1 heterocycles. The zero-order valence-electron chi connectivity index (χ0n) is 11.4. The molecule has 0 spiro atoms. The first-order valence-corrected chi connectivity index (χ1v) is 6.40. The number of hydrogen-bond acceptors (Lipinski definition) is 4. The van der Waals surface area contributed by atoms with Crippen LogP contribution in [-0.4, -0.2) is 33.5 Å². The van der Waals surface area contributed by atoms with Crippen molar-refractivity contribution in [1.29, 1.82) is 0 Å². The van der Waals surface area contributed by atoms with Gasteiger partial charge in [-0.25, -0.2) is 4.79 Å². The Morgan fingerprint density at radius 2 is 2.05 bits per heavy atom. The lowest BCUT2D eigenvalue weighted by molar-refractivity contribution is -0.143. The fourth-order valence-corrected chi connectivity index (χ4v) is 2.12. The summed E-state index contributed by atoms with van der Waals surface area (Å²) in [6, 6.07) is 0. The Bertz CT molecular complexity index is 590. The highest BCUT2D eigenvalue weighted by Gasteiger charge is 2.50. The highest BCUT2D eigenvalue weighted by molar-refractivity contribution is 5.82. The van der Waals surface area contributed by atoms with E-state index in [0.717, 1.165) is 0 Å². The molecule has 7 heteroatoms. The number of aromatic nitrogens is 2. The minimum atomic E-state index is -0.865. The number of H-pyrrole nitrogens is 1. The molecule has 108 valence electrons. The van der Waals surface area contributed by atoms with Crippen molar-refractivity contribution in [3.05, 3.63) is 27.4 Å². The predicted octanol–water partition coefficient (Wildman–Crippen LogP) is -0.0898. The van der Waals surface area contributed by atoms with Crippen molar-refractivity contribution in [3.8, 4) is 0 Å². The molecule has 0 saturated heterocycles. The van der Waals surface area contributed by atoms with Gasteiger partial charge in [0.25, 0.3) is 0 Å². The molecule has 0 aliphatic heterocycles. The van der Waals surface area contributed by atoms with E-state index in [1.54, 1.807) is 13.8 Å². The van der Waals surface area contributed by atoms with Gasteiger partial charge in [-0.1, -0.05) is 0 Å². The molecule has 1 saturated carbocycles. The van der Waals surface area contributed by atoms with Gasteiger partial charge in [-0.2, -0.15) is 4.98 Å². The highest BCUT2D eigenvalue weighted by Crippen LogP contribution is 2.45. The summed E-state index contributed by atoms with van der Waals surface area (Å²) in [6.45, 7) is 3.53. The molecule has 2 rings (SSSR count). The van der Waals surface area contributed by atoms with Crippen LogP contribution in [0.5, 0.6) is 0 Å². The Hall–Kier alpha value is -2.18. The second-order valence-electron chi connectivity index (χ2n) is 5.27. The average molecular weight is 279 g/mol. The van der Waals surface area contributed by atoms with Crippen LogP contribution in [-0.2, 0) is 16.0 Å². The molecular weight excluding hydrogens is 262 g/mol. The summed E-state index contributed by atoms with van der Waals surface area (Å²) in [5, 5.41) is 11.7. The third-order valence-corrected chi connectivity index (χ3v) is 3.72. The summed E-state index contributed by atoms with van der Waals surface area (Å²) in [5.41, 5.74) is 0.579. The van der Waals surface area contributed by atoms with Crippen LogP contribution in [0.3, 0.4) is 0 Å². The molecule has 0 bridgehead atoms. The minimum absolute atomic E-state index is 0.0805. The molecule has 0 radical (unpaired) electrons. The van der Waals surface area contributed by atoms with Gasteiger partial charge in [0.15, 0.2) is 0 Å². The Labute approximate surface area is 115 Å². The van der Waals surface area contributed by atoms with E-state index in [2.05, 4.69) is 15.3 Å². The highest BCUT2D eigenvalue weighted by atomic mass is 16.4. The SMILES string of the molecule is Cc1nc(=O)[nH]c(C)c1CC(=O)NCC1(C(=O)O)CC1. The predicted molar refractivity (Wildman–Crippen MR) is 70.3 cm³/mol. The van der Waals surface area contributed by atoms with E-state index in [1.807, 2.05) is 0 Å². The molecule has 1 aromatic heterocycles. The summed E-state index contributed by atoms with van der Waals surface area (Å²) in [5.74, 6) is -1.13. The second kappa shape index (κ2) is 5.07. The average Bonchev–Trinajstić information content (AvgIpc) is 3.12. The van der Waals surface area contributed by atoms with Crippen molar-refractivity contribution in [2.75, 3.05) is 6.54 Å². The van der Waals surface area contributed by atoms with E-state index >= 15 is 0 Å². The Balaban J connectivity index is 1.99. The molecule has 1 aliphatic rings. The topological polar surface area (TPSA) is 112 Å². The minimum Gasteiger partial charge on any atom is -0.481 e. The van der Waals surface area contributed by atoms with Gasteiger partial charge in [-0.05, 0) is 26.7 Å². The number of aliphatic carboxylic acids is 1. The van der Waals surface area contributed by atoms with Gasteiger partial charge < -0.3 is 15.4 Å². The lowest BCUT2D eigenvalue weighted by atomic mass is 10.1. The van der Waals surface area contributed by atoms with E-state index < -0.39 is 17.1 Å². The number of nitrogens with zero attached hydrogens (tertiary/aromatic N) is 1. The summed E-state index contributed by atoms with van der Waals surface area (Å²) >= 11 is 0. The largest absolute Gasteiger partial charge is 0.481 e. The second-order valence-corrected chi connectivity index (χ2v) is 5.27. The van der Waals surface area contributed by atoms with E-state index in [0.29, 0.717) is 29.8 Å². The number of carboxylic acid groups (broad SMARTS) is 1. The van der Waals surface area contributed by atoms with Gasteiger partial charge in [0.1, 0.15) is 0 Å². The number of carboxylic acids is 1. The zero-order valence-corrected chi connectivity index (χ0v) is 11.4. The maximum atomic E-state index is 11.9. The van der Waals surface area contributed by atoms with Crippen molar-refractivity contribution in [1.82, 2.24) is 15.3 Å². The Morgan fingerprint density at radius 3 is 2.55 bits per heavy atom. The number of amides is 1. The van der Waals surface area contributed by atoms with Gasteiger partial charge in [0.2, 0.25) is 5.91 Å². The van der Waals surface area contributed by atoms with Crippen molar-refractivity contribution in [2.24, 2.45) is 5.41 Å². The van der Waals surface area contributed by atoms with Gasteiger partial charge in [0, 0.05) is 23.5 Å². The Morgan fingerprint density at radius 1 is 1.40 bits per heavy atom. The van der Waals surface area contributed by atoms with E-state index in [-0.39, 0.29) is 18.9 Å². The van der Waals surface area contributed by atoms with Crippen LogP contribution in [0.1, 0.15) is 29.8 Å². The van der Waals surface area contributed by atoms with Crippen LogP contribution in [0.4, 0.5) is 0 Å². The smallest absolute Gasteiger partial charge is 0.345 e. The molecule has 0 aromatic carbocycles. The fraction of sp³-hybridized carbons (Fsp3) is 0.538. The Kier molecular flexibility index (Phi) is 3.61. The molecule has 0 unspecified atom stereocenters. The third kappa shape index (κ3) is 2.87. The lowest BCUT2D eigenvalue weighted by Crippen LogP contribution is -2.35. The van der Waals surface area contributed by atoms with E-state index in [1.165, 1.54) is 0 Å². The fourth-order valence-electron chi connectivity index (χ4n) is 2.12. The summed E-state index contributed by atoms with van der Waals surface area (Å²) < 4.78 is 0. The molecule has 1 amide bonds. The third-order valence-electron chi connectivity index (χ3n) is 3.72. The number of aryl methyl sites for hydroxylation is 2. The van der Waals surface area contributed by atoms with E-state index in [4.69, 9.17) is 5.11 Å². The molecule has 1 aromatic rings. The number of hydrogen-bond donors (Lipinski definition) is 3. The van der Waals surface area contributed by atoms with Crippen LogP contribution in [0, 0.1) is 19.3 Å². The van der Waals surface area contributed by atoms with Crippen LogP contribution in [0.25, 0.3) is 0 Å². The van der Waals surface area contributed by atoms with Crippen molar-refractivity contribution >= 4 is 11.9 Å². The number of rotatable bonds is 5. The van der Waals surface area contributed by atoms with Gasteiger partial charge >= 0.3 is 11.7 Å². The first-order chi connectivity index (χ1) is 9.34. The first-order valence-electron chi connectivity index (χ1n) is 6.40. The maximum absolute atomic E-state index is 11.9. The molecule has 3 N–H and O–H groups in total. The summed E-state index contributed by atoms with van der Waals surface area (Å²) in [7, 11) is 0. The summed E-state index contributed by atoms with van der Waals surface area (Å²) in [4.78, 5) is 40.3. The summed E-state index contributed by atoms with van der Waals surface area (Å²) in [6.07, 6.45) is 1.28. The molecule has 20 heavy (non-hydrogen) atoms. The monoisotopic (exact) mass is 279 g/mol. The lowest BCUT2D eigenvalue weighted by Gasteiger charge is -2.12. The number of carbonyl (C=O) groups excluding carboxylic acids is 1. The van der Waals surface area contributed by atoms with Crippen LogP contribution in [0.2, 0.25) is 0 Å². The zero-order chi connectivity index (χ0) is 14.9. The van der Waals surface area contributed by atoms with Crippen molar-refractivity contribution in [3.63, 3.8) is 0 Å².